The molecule has 1 amide bonds. The minimum atomic E-state index is -0.596. The molecule has 1 rings (SSSR count). The number of ether oxygens (including phenoxy) is 2. The van der Waals surface area contributed by atoms with Gasteiger partial charge in [0.2, 0.25) is 0 Å². The lowest BCUT2D eigenvalue weighted by molar-refractivity contribution is -0.127. The van der Waals surface area contributed by atoms with E-state index in [2.05, 4.69) is 21.2 Å². The number of carbonyl (C=O) groups is 1. The fraction of sp³-hybridized carbons (Fsp3) is 0.533. The third-order valence-corrected chi connectivity index (χ3v) is 3.41. The molecule has 0 bridgehead atoms. The van der Waals surface area contributed by atoms with Crippen LogP contribution in [0.25, 0.3) is 0 Å². The second-order valence-corrected chi connectivity index (χ2v) is 5.39. The van der Waals surface area contributed by atoms with Gasteiger partial charge in [0.25, 0.3) is 5.91 Å². The van der Waals surface area contributed by atoms with Crippen molar-refractivity contribution >= 4 is 21.8 Å². The molecule has 0 aliphatic heterocycles. The molecule has 0 fully saturated rings. The molecule has 5 nitrogen and oxygen atoms in total. The minimum absolute atomic E-state index is 0.155. The number of benzene rings is 1. The molecule has 6 heteroatoms. The monoisotopic (exact) mass is 358 g/mol. The fourth-order valence-corrected chi connectivity index (χ4v) is 2.44. The third-order valence-electron chi connectivity index (χ3n) is 2.82. The van der Waals surface area contributed by atoms with Crippen LogP contribution < -0.4 is 20.5 Å². The van der Waals surface area contributed by atoms with Gasteiger partial charge in [-0.2, -0.15) is 0 Å². The number of hydrogen-bond donors (Lipinski definition) is 2. The molecule has 1 aromatic rings. The van der Waals surface area contributed by atoms with Gasteiger partial charge >= 0.3 is 0 Å². The summed E-state index contributed by atoms with van der Waals surface area (Å²) in [5.41, 5.74) is 6.65. The summed E-state index contributed by atoms with van der Waals surface area (Å²) in [5.74, 6) is 1.00. The summed E-state index contributed by atoms with van der Waals surface area (Å²) in [4.78, 5) is 11.8. The number of nitrogens with one attached hydrogen (secondary N) is 1. The Labute approximate surface area is 134 Å². The topological polar surface area (TPSA) is 73.6 Å². The van der Waals surface area contributed by atoms with Gasteiger partial charge in [0.1, 0.15) is 0 Å². The lowest BCUT2D eigenvalue weighted by atomic mass is 10.1. The molecule has 1 aromatic carbocycles. The zero-order valence-corrected chi connectivity index (χ0v) is 14.3. The maximum atomic E-state index is 11.8. The van der Waals surface area contributed by atoms with Crippen molar-refractivity contribution in [2.75, 3.05) is 19.7 Å². The molecule has 3 N–H and O–H groups in total. The lowest BCUT2D eigenvalue weighted by Gasteiger charge is -2.19. The Morgan fingerprint density at radius 1 is 1.43 bits per heavy atom. The van der Waals surface area contributed by atoms with E-state index in [0.29, 0.717) is 31.2 Å². The molecule has 1 unspecified atom stereocenters. The minimum Gasteiger partial charge on any atom is -0.490 e. The van der Waals surface area contributed by atoms with E-state index in [1.807, 2.05) is 26.0 Å². The van der Waals surface area contributed by atoms with Crippen molar-refractivity contribution in [3.05, 3.63) is 22.2 Å². The van der Waals surface area contributed by atoms with E-state index in [1.165, 1.54) is 0 Å². The highest BCUT2D eigenvalue weighted by atomic mass is 79.9. The highest BCUT2D eigenvalue weighted by Gasteiger charge is 2.19. The average Bonchev–Trinajstić information content (AvgIpc) is 2.43. The highest BCUT2D eigenvalue weighted by Crippen LogP contribution is 2.37. The molecule has 21 heavy (non-hydrogen) atoms. The average molecular weight is 359 g/mol. The molecule has 0 heterocycles. The zero-order valence-electron chi connectivity index (χ0n) is 12.7. The maximum Gasteiger partial charge on any atom is 0.260 e. The first kappa shape index (κ1) is 17.8. The number of hydrogen-bond acceptors (Lipinski definition) is 4. The summed E-state index contributed by atoms with van der Waals surface area (Å²) in [5, 5.41) is 2.73. The van der Waals surface area contributed by atoms with E-state index in [4.69, 9.17) is 15.2 Å². The van der Waals surface area contributed by atoms with Crippen molar-refractivity contribution in [3.8, 4) is 11.5 Å². The number of likely N-dealkylation sites (N-methyl/N-ethyl adjacent to an activating group) is 1. The van der Waals surface area contributed by atoms with Crippen LogP contribution in [0.15, 0.2) is 16.6 Å². The Morgan fingerprint density at radius 2 is 2.14 bits per heavy atom. The summed E-state index contributed by atoms with van der Waals surface area (Å²) in [6, 6.07) is 3.84. The van der Waals surface area contributed by atoms with Gasteiger partial charge in [0.15, 0.2) is 17.6 Å². The van der Waals surface area contributed by atoms with Crippen molar-refractivity contribution in [1.82, 2.24) is 5.32 Å². The first-order valence-corrected chi connectivity index (χ1v) is 7.92. The Morgan fingerprint density at radius 3 is 2.71 bits per heavy atom. The summed E-state index contributed by atoms with van der Waals surface area (Å²) in [7, 11) is 0. The van der Waals surface area contributed by atoms with Crippen LogP contribution in [0, 0.1) is 0 Å². The van der Waals surface area contributed by atoms with Gasteiger partial charge in [-0.05, 0) is 67.4 Å². The van der Waals surface area contributed by atoms with Crippen molar-refractivity contribution in [3.63, 3.8) is 0 Å². The molecular formula is C15H23BrN2O3. The van der Waals surface area contributed by atoms with Gasteiger partial charge in [-0.1, -0.05) is 0 Å². The largest absolute Gasteiger partial charge is 0.490 e. The SMILES string of the molecule is CCNC(=O)C(C)Oc1c(Br)cc(CCN)cc1OCC. The van der Waals surface area contributed by atoms with E-state index in [9.17, 15) is 4.79 Å². The van der Waals surface area contributed by atoms with Crippen LogP contribution in [-0.2, 0) is 11.2 Å². The number of carbonyl (C=O) groups excluding carboxylic acids is 1. The van der Waals surface area contributed by atoms with Crippen molar-refractivity contribution in [2.45, 2.75) is 33.3 Å². The molecule has 0 aliphatic rings. The molecule has 0 aliphatic carbocycles. The Hall–Kier alpha value is -1.27. The second kappa shape index (κ2) is 8.89. The number of rotatable bonds is 8. The van der Waals surface area contributed by atoms with Crippen molar-refractivity contribution in [2.24, 2.45) is 5.73 Å². The van der Waals surface area contributed by atoms with Crippen LogP contribution in [-0.4, -0.2) is 31.7 Å². The molecular weight excluding hydrogens is 336 g/mol. The van der Waals surface area contributed by atoms with E-state index in [0.717, 1.165) is 16.5 Å². The summed E-state index contributed by atoms with van der Waals surface area (Å²) < 4.78 is 12.1. The van der Waals surface area contributed by atoms with Gasteiger partial charge in [-0.25, -0.2) is 0 Å². The number of halogens is 1. The van der Waals surface area contributed by atoms with Crippen LogP contribution in [0.4, 0.5) is 0 Å². The van der Waals surface area contributed by atoms with Gasteiger partial charge < -0.3 is 20.5 Å². The standard InChI is InChI=1S/C15H23BrN2O3/c1-4-18-15(19)10(3)21-14-12(16)8-11(6-7-17)9-13(14)20-5-2/h8-10H,4-7,17H2,1-3H3,(H,18,19). The van der Waals surface area contributed by atoms with E-state index in [-0.39, 0.29) is 5.91 Å². The smallest absolute Gasteiger partial charge is 0.260 e. The number of nitrogens with two attached hydrogens (primary N) is 1. The van der Waals surface area contributed by atoms with Crippen LogP contribution in [0.3, 0.4) is 0 Å². The predicted octanol–water partition coefficient (Wildman–Crippen LogP) is 2.25. The zero-order chi connectivity index (χ0) is 15.8. The van der Waals surface area contributed by atoms with E-state index in [1.54, 1.807) is 6.92 Å². The van der Waals surface area contributed by atoms with Gasteiger partial charge in [-0.3, -0.25) is 4.79 Å². The summed E-state index contributed by atoms with van der Waals surface area (Å²) in [6.07, 6.45) is 0.158. The molecule has 0 saturated heterocycles. The molecule has 0 spiro atoms. The first-order valence-electron chi connectivity index (χ1n) is 7.13. The third kappa shape index (κ3) is 5.21. The Bertz CT molecular complexity index is 480. The molecule has 118 valence electrons. The Balaban J connectivity index is 3.01. The van der Waals surface area contributed by atoms with Crippen molar-refractivity contribution in [1.29, 1.82) is 0 Å². The van der Waals surface area contributed by atoms with Crippen LogP contribution in [0.5, 0.6) is 11.5 Å². The summed E-state index contributed by atoms with van der Waals surface area (Å²) in [6.45, 7) is 7.13. The molecule has 1 atom stereocenters. The number of amides is 1. The van der Waals surface area contributed by atoms with Crippen LogP contribution in [0.2, 0.25) is 0 Å². The van der Waals surface area contributed by atoms with Crippen molar-refractivity contribution < 1.29 is 14.3 Å². The van der Waals surface area contributed by atoms with Gasteiger partial charge in [0, 0.05) is 6.54 Å². The maximum absolute atomic E-state index is 11.8. The lowest BCUT2D eigenvalue weighted by Crippen LogP contribution is -2.36. The fourth-order valence-electron chi connectivity index (χ4n) is 1.86. The van der Waals surface area contributed by atoms with Gasteiger partial charge in [-0.15, -0.1) is 0 Å². The van der Waals surface area contributed by atoms with Gasteiger partial charge in [0.05, 0.1) is 11.1 Å². The predicted molar refractivity (Wildman–Crippen MR) is 86.8 cm³/mol. The highest BCUT2D eigenvalue weighted by molar-refractivity contribution is 9.10. The van der Waals surface area contributed by atoms with Crippen LogP contribution >= 0.6 is 15.9 Å². The van der Waals surface area contributed by atoms with E-state index < -0.39 is 6.10 Å². The Kier molecular flexibility index (Phi) is 7.53. The molecule has 0 saturated carbocycles. The van der Waals surface area contributed by atoms with E-state index >= 15 is 0 Å². The first-order chi connectivity index (χ1) is 10.0. The molecule has 0 aromatic heterocycles. The quantitative estimate of drug-likeness (QED) is 0.747. The molecule has 0 radical (unpaired) electrons. The summed E-state index contributed by atoms with van der Waals surface area (Å²) >= 11 is 3.48. The second-order valence-electron chi connectivity index (χ2n) is 4.53. The van der Waals surface area contributed by atoms with Crippen LogP contribution in [0.1, 0.15) is 26.3 Å². The normalized spacial score (nSPS) is 11.9.